The quantitative estimate of drug-likeness (QED) is 0.161. The van der Waals surface area contributed by atoms with Crippen molar-refractivity contribution in [3.05, 3.63) is 60.7 Å². The topological polar surface area (TPSA) is 187 Å². The van der Waals surface area contributed by atoms with Crippen molar-refractivity contribution in [1.29, 1.82) is 0 Å². The summed E-state index contributed by atoms with van der Waals surface area (Å²) < 4.78 is 18.4. The summed E-state index contributed by atoms with van der Waals surface area (Å²) in [5.74, 6) is -3.62. The summed E-state index contributed by atoms with van der Waals surface area (Å²) >= 11 is 0. The van der Waals surface area contributed by atoms with Crippen LogP contribution in [0.4, 0.5) is 0 Å². The highest BCUT2D eigenvalue weighted by molar-refractivity contribution is 5.88. The van der Waals surface area contributed by atoms with Crippen LogP contribution < -0.4 is 4.57 Å². The molecule has 37 heavy (non-hydrogen) atoms. The van der Waals surface area contributed by atoms with Gasteiger partial charge in [-0.2, -0.15) is 0 Å². The number of carboxylic acids is 2. The van der Waals surface area contributed by atoms with Gasteiger partial charge >= 0.3 is 11.9 Å². The second-order valence-corrected chi connectivity index (χ2v) is 8.79. The molecule has 8 unspecified atom stereocenters. The highest BCUT2D eigenvalue weighted by Gasteiger charge is 2.47. The number of nitrogens with zero attached hydrogens (tertiary/aromatic N) is 1. The maximum atomic E-state index is 11.9. The molecule has 0 amide bonds. The van der Waals surface area contributed by atoms with Gasteiger partial charge < -0.3 is 44.8 Å². The standard InChI is InChI=1S/C25H31NO11/c1-2-15-16(8-7-14-5-3-9-26(11-14)10-4-6-19(28)29)17(23(33)34)13-35-24(15)37-25-22(32)21(31)20(30)18(12-27)36-25/h2-3,5,7-9,11,13,15-16,18,20-22,24-25,27,30-32H,1,4,6,10,12H2,(H-,28,29,33,34)/p+1. The van der Waals surface area contributed by atoms with Crippen LogP contribution in [0.25, 0.3) is 6.08 Å². The molecule has 0 saturated carbocycles. The van der Waals surface area contributed by atoms with Crippen LogP contribution in [0.2, 0.25) is 0 Å². The Balaban J connectivity index is 1.79. The summed E-state index contributed by atoms with van der Waals surface area (Å²) in [7, 11) is 0. The van der Waals surface area contributed by atoms with E-state index in [4.69, 9.17) is 19.3 Å². The molecular formula is C25H32NO11+. The number of ether oxygens (including phenoxy) is 3. The number of carbonyl (C=O) groups is 2. The van der Waals surface area contributed by atoms with Crippen molar-refractivity contribution in [2.45, 2.75) is 56.4 Å². The maximum Gasteiger partial charge on any atom is 0.335 e. The van der Waals surface area contributed by atoms with Crippen molar-refractivity contribution in [3.63, 3.8) is 0 Å². The van der Waals surface area contributed by atoms with Crippen molar-refractivity contribution < 1.29 is 59.0 Å². The summed E-state index contributed by atoms with van der Waals surface area (Å²) in [6, 6.07) is 3.59. The van der Waals surface area contributed by atoms with Gasteiger partial charge in [0.05, 0.1) is 30.8 Å². The Morgan fingerprint density at radius 3 is 2.54 bits per heavy atom. The molecule has 0 aliphatic carbocycles. The van der Waals surface area contributed by atoms with Crippen LogP contribution in [-0.2, 0) is 30.3 Å². The zero-order valence-electron chi connectivity index (χ0n) is 19.9. The first-order valence-corrected chi connectivity index (χ1v) is 11.7. The second-order valence-electron chi connectivity index (χ2n) is 8.79. The number of aliphatic carboxylic acids is 2. The number of aliphatic hydroxyl groups is 4. The third kappa shape index (κ3) is 7.01. The van der Waals surface area contributed by atoms with Crippen LogP contribution in [0, 0.1) is 11.8 Å². The van der Waals surface area contributed by atoms with Gasteiger partial charge in [-0.25, -0.2) is 9.36 Å². The molecule has 0 bridgehead atoms. The molecule has 0 aromatic carbocycles. The monoisotopic (exact) mass is 522 g/mol. The number of aryl methyl sites for hydroxylation is 1. The summed E-state index contributed by atoms with van der Waals surface area (Å²) in [5, 5.41) is 58.3. The SMILES string of the molecule is C=CC1C(OC2OC(CO)C(O)C(O)C2O)OC=C(C(=O)O)C1C=Cc1ccc[n+](CCCC(=O)O)c1. The lowest BCUT2D eigenvalue weighted by Crippen LogP contribution is -2.60. The molecule has 0 radical (unpaired) electrons. The molecule has 12 nitrogen and oxygen atoms in total. The smallest absolute Gasteiger partial charge is 0.335 e. The number of pyridine rings is 1. The van der Waals surface area contributed by atoms with E-state index in [1.54, 1.807) is 36.7 Å². The van der Waals surface area contributed by atoms with Gasteiger partial charge in [-0.05, 0) is 6.07 Å². The molecule has 1 aromatic heterocycles. The van der Waals surface area contributed by atoms with Gasteiger partial charge in [0.1, 0.15) is 31.0 Å². The molecule has 3 rings (SSSR count). The van der Waals surface area contributed by atoms with E-state index < -0.39 is 67.4 Å². The van der Waals surface area contributed by atoms with Gasteiger partial charge in [0.2, 0.25) is 6.29 Å². The lowest BCUT2D eigenvalue weighted by atomic mass is 9.83. The van der Waals surface area contributed by atoms with Gasteiger partial charge in [0.15, 0.2) is 18.7 Å². The van der Waals surface area contributed by atoms with Gasteiger partial charge in [-0.15, -0.1) is 6.58 Å². The molecule has 1 saturated heterocycles. The molecule has 2 aliphatic heterocycles. The van der Waals surface area contributed by atoms with Crippen LogP contribution in [0.1, 0.15) is 18.4 Å². The zero-order valence-corrected chi connectivity index (χ0v) is 19.9. The fourth-order valence-corrected chi connectivity index (χ4v) is 4.21. The minimum atomic E-state index is -1.66. The van der Waals surface area contributed by atoms with Gasteiger partial charge in [-0.3, -0.25) is 4.79 Å². The molecule has 12 heteroatoms. The van der Waals surface area contributed by atoms with Crippen LogP contribution in [0.15, 0.2) is 55.1 Å². The van der Waals surface area contributed by atoms with E-state index in [1.165, 1.54) is 6.08 Å². The normalized spacial score (nSPS) is 31.9. The maximum absolute atomic E-state index is 11.9. The Morgan fingerprint density at radius 2 is 1.89 bits per heavy atom. The molecule has 0 spiro atoms. The average Bonchev–Trinajstić information content (AvgIpc) is 2.87. The molecule has 6 N–H and O–H groups in total. The summed E-state index contributed by atoms with van der Waals surface area (Å²) in [5.41, 5.74) is 0.670. The summed E-state index contributed by atoms with van der Waals surface area (Å²) in [4.78, 5) is 22.7. The fraction of sp³-hybridized carbons (Fsp3) is 0.480. The zero-order chi connectivity index (χ0) is 27.1. The van der Waals surface area contributed by atoms with Crippen LogP contribution >= 0.6 is 0 Å². The summed E-state index contributed by atoms with van der Waals surface area (Å²) in [6.45, 7) is 3.63. The number of hydrogen-bond acceptors (Lipinski definition) is 9. The van der Waals surface area contributed by atoms with Crippen molar-refractivity contribution >= 4 is 18.0 Å². The van der Waals surface area contributed by atoms with E-state index in [9.17, 15) is 35.1 Å². The lowest BCUT2D eigenvalue weighted by Gasteiger charge is -2.42. The number of carboxylic acid groups (broad SMARTS) is 2. The minimum absolute atomic E-state index is 0.0404. The largest absolute Gasteiger partial charge is 0.481 e. The Hall–Kier alpha value is -3.13. The van der Waals surface area contributed by atoms with Crippen LogP contribution in [-0.4, -0.2) is 86.2 Å². The molecule has 1 fully saturated rings. The van der Waals surface area contributed by atoms with E-state index in [1.807, 2.05) is 4.57 Å². The van der Waals surface area contributed by atoms with E-state index >= 15 is 0 Å². The Labute approximate surface area is 213 Å². The number of aliphatic hydroxyl groups excluding tert-OH is 4. The van der Waals surface area contributed by atoms with E-state index in [2.05, 4.69) is 6.58 Å². The van der Waals surface area contributed by atoms with Crippen molar-refractivity contribution in [1.82, 2.24) is 0 Å². The Kier molecular flexibility index (Phi) is 9.92. The van der Waals surface area contributed by atoms with E-state index in [0.717, 1.165) is 11.8 Å². The number of allylic oxidation sites excluding steroid dienone is 1. The van der Waals surface area contributed by atoms with Gasteiger partial charge in [0.25, 0.3) is 0 Å². The molecule has 1 aromatic rings. The lowest BCUT2D eigenvalue weighted by molar-refractivity contribution is -0.697. The predicted octanol–water partition coefficient (Wildman–Crippen LogP) is -0.588. The first-order chi connectivity index (χ1) is 17.7. The van der Waals surface area contributed by atoms with Crippen LogP contribution in [0.3, 0.4) is 0 Å². The highest BCUT2D eigenvalue weighted by atomic mass is 16.8. The third-order valence-electron chi connectivity index (χ3n) is 6.24. The Bertz CT molecular complexity index is 1020. The molecule has 2 aliphatic rings. The van der Waals surface area contributed by atoms with Crippen molar-refractivity contribution in [3.8, 4) is 0 Å². The first kappa shape index (κ1) is 28.4. The molecule has 8 atom stereocenters. The first-order valence-electron chi connectivity index (χ1n) is 11.7. The molecule has 202 valence electrons. The predicted molar refractivity (Wildman–Crippen MR) is 125 cm³/mol. The average molecular weight is 523 g/mol. The molecule has 3 heterocycles. The summed E-state index contributed by atoms with van der Waals surface area (Å²) in [6.07, 6.45) is 1.21. The Morgan fingerprint density at radius 1 is 1.14 bits per heavy atom. The van der Waals surface area contributed by atoms with Gasteiger partial charge in [-0.1, -0.05) is 18.2 Å². The fourth-order valence-electron chi connectivity index (χ4n) is 4.21. The molecular weight excluding hydrogens is 490 g/mol. The van der Waals surface area contributed by atoms with E-state index in [-0.39, 0.29) is 12.0 Å². The second kappa shape index (κ2) is 12.9. The third-order valence-corrected chi connectivity index (χ3v) is 6.24. The van der Waals surface area contributed by atoms with Crippen molar-refractivity contribution in [2.24, 2.45) is 11.8 Å². The van der Waals surface area contributed by atoms with Crippen LogP contribution in [0.5, 0.6) is 0 Å². The number of aromatic nitrogens is 1. The highest BCUT2D eigenvalue weighted by Crippen LogP contribution is 2.36. The van der Waals surface area contributed by atoms with Crippen molar-refractivity contribution in [2.75, 3.05) is 6.61 Å². The number of rotatable bonds is 11. The number of hydrogen-bond donors (Lipinski definition) is 6. The van der Waals surface area contributed by atoms with Gasteiger partial charge in [0, 0.05) is 24.0 Å². The minimum Gasteiger partial charge on any atom is -0.481 e. The van der Waals surface area contributed by atoms with E-state index in [0.29, 0.717) is 13.0 Å².